The van der Waals surface area contributed by atoms with Crippen molar-refractivity contribution in [1.29, 1.82) is 0 Å². The Morgan fingerprint density at radius 1 is 1.32 bits per heavy atom. The zero-order chi connectivity index (χ0) is 19.4. The summed E-state index contributed by atoms with van der Waals surface area (Å²) in [7, 11) is 0. The number of rotatable bonds is 5. The molecule has 25 heavy (non-hydrogen) atoms. The van der Waals surface area contributed by atoms with Crippen LogP contribution in [0.4, 0.5) is 4.39 Å². The van der Waals surface area contributed by atoms with E-state index in [1.54, 1.807) is 53.7 Å². The van der Waals surface area contributed by atoms with Crippen LogP contribution >= 0.6 is 15.9 Å². The molecule has 0 spiro atoms. The molecule has 1 aromatic carbocycles. The second-order valence-corrected chi connectivity index (χ2v) is 10.4. The minimum Gasteiger partial charge on any atom is -0.593 e. The Morgan fingerprint density at radius 3 is 2.40 bits per heavy atom. The Hall–Kier alpha value is -1.05. The molecule has 0 aliphatic heterocycles. The second-order valence-electron chi connectivity index (χ2n) is 7.55. The van der Waals surface area contributed by atoms with Crippen LogP contribution in [0.3, 0.4) is 0 Å². The molecule has 1 atom stereocenters. The SMILES string of the molecule is CC(C)(C)OC(=O)CC(=Cc1c(F)cccc1Br)N[S+]([O-])C(C)(C)C. The van der Waals surface area contributed by atoms with E-state index in [9.17, 15) is 13.7 Å². The maximum absolute atomic E-state index is 14.1. The van der Waals surface area contributed by atoms with Gasteiger partial charge in [0.05, 0.1) is 23.5 Å². The first-order valence-electron chi connectivity index (χ1n) is 7.84. The van der Waals surface area contributed by atoms with Crippen molar-refractivity contribution in [2.24, 2.45) is 0 Å². The molecule has 0 heterocycles. The zero-order valence-electron chi connectivity index (χ0n) is 15.4. The molecule has 1 unspecified atom stereocenters. The van der Waals surface area contributed by atoms with Crippen molar-refractivity contribution in [3.05, 3.63) is 39.7 Å². The monoisotopic (exact) mass is 433 g/mol. The van der Waals surface area contributed by atoms with Gasteiger partial charge in [-0.1, -0.05) is 22.0 Å². The molecule has 0 aliphatic carbocycles. The van der Waals surface area contributed by atoms with Gasteiger partial charge in [-0.15, -0.1) is 0 Å². The first kappa shape index (κ1) is 22.0. The molecule has 1 aromatic rings. The molecule has 7 heteroatoms. The normalized spacial score (nSPS) is 14.2. The topological polar surface area (TPSA) is 61.4 Å². The maximum Gasteiger partial charge on any atom is 0.312 e. The van der Waals surface area contributed by atoms with Crippen molar-refractivity contribution in [1.82, 2.24) is 4.72 Å². The average molecular weight is 434 g/mol. The number of hydrogen-bond donors (Lipinski definition) is 1. The number of ether oxygens (including phenoxy) is 1. The Kier molecular flexibility index (Phi) is 7.53. The molecule has 0 bridgehead atoms. The summed E-state index contributed by atoms with van der Waals surface area (Å²) in [6, 6.07) is 4.59. The second kappa shape index (κ2) is 8.56. The summed E-state index contributed by atoms with van der Waals surface area (Å²) in [5.74, 6) is -0.927. The number of carbonyl (C=O) groups excluding carboxylic acids is 1. The van der Waals surface area contributed by atoms with E-state index in [4.69, 9.17) is 4.74 Å². The molecule has 0 saturated heterocycles. The first-order valence-corrected chi connectivity index (χ1v) is 9.79. The van der Waals surface area contributed by atoms with Crippen molar-refractivity contribution >= 4 is 39.3 Å². The summed E-state index contributed by atoms with van der Waals surface area (Å²) in [4.78, 5) is 12.2. The lowest BCUT2D eigenvalue weighted by atomic mass is 10.1. The third kappa shape index (κ3) is 7.79. The fourth-order valence-electron chi connectivity index (χ4n) is 1.74. The van der Waals surface area contributed by atoms with E-state index in [1.165, 1.54) is 12.1 Å². The van der Waals surface area contributed by atoms with Crippen LogP contribution in [0.2, 0.25) is 0 Å². The lowest BCUT2D eigenvalue weighted by molar-refractivity contribution is -0.153. The zero-order valence-corrected chi connectivity index (χ0v) is 17.8. The van der Waals surface area contributed by atoms with Gasteiger partial charge in [-0.05, 0) is 59.8 Å². The number of esters is 1. The molecular weight excluding hydrogens is 409 g/mol. The van der Waals surface area contributed by atoms with Gasteiger partial charge in [0.1, 0.15) is 16.2 Å². The summed E-state index contributed by atoms with van der Waals surface area (Å²) in [5, 5.41) is 0. The van der Waals surface area contributed by atoms with Gasteiger partial charge in [-0.3, -0.25) is 4.79 Å². The maximum atomic E-state index is 14.1. The highest BCUT2D eigenvalue weighted by atomic mass is 79.9. The van der Waals surface area contributed by atoms with Crippen molar-refractivity contribution in [2.75, 3.05) is 0 Å². The van der Waals surface area contributed by atoms with Gasteiger partial charge in [0.25, 0.3) is 0 Å². The average Bonchev–Trinajstić information content (AvgIpc) is 2.39. The number of hydrogen-bond acceptors (Lipinski definition) is 4. The third-order valence-corrected chi connectivity index (χ3v) is 5.10. The minimum absolute atomic E-state index is 0.139. The molecule has 140 valence electrons. The molecule has 0 radical (unpaired) electrons. The Labute approximate surface area is 160 Å². The highest BCUT2D eigenvalue weighted by Gasteiger charge is 2.28. The van der Waals surface area contributed by atoms with Gasteiger partial charge in [0.15, 0.2) is 0 Å². The van der Waals surface area contributed by atoms with E-state index >= 15 is 0 Å². The van der Waals surface area contributed by atoms with Gasteiger partial charge < -0.3 is 9.29 Å². The van der Waals surface area contributed by atoms with Gasteiger partial charge in [-0.2, -0.15) is 0 Å². The molecule has 1 N–H and O–H groups in total. The quantitative estimate of drug-likeness (QED) is 0.539. The van der Waals surface area contributed by atoms with Gasteiger partial charge in [0, 0.05) is 10.0 Å². The molecule has 0 aliphatic rings. The number of halogens is 2. The Morgan fingerprint density at radius 2 is 1.92 bits per heavy atom. The summed E-state index contributed by atoms with van der Waals surface area (Å²) in [6.45, 7) is 10.7. The van der Waals surface area contributed by atoms with Crippen LogP contribution in [-0.2, 0) is 20.9 Å². The summed E-state index contributed by atoms with van der Waals surface area (Å²) in [6.07, 6.45) is 1.34. The smallest absolute Gasteiger partial charge is 0.312 e. The lowest BCUT2D eigenvalue weighted by Gasteiger charge is -2.26. The van der Waals surface area contributed by atoms with Crippen molar-refractivity contribution in [2.45, 2.75) is 58.3 Å². The predicted molar refractivity (Wildman–Crippen MR) is 104 cm³/mol. The molecular formula is C18H25BrFNO3S. The predicted octanol–water partition coefficient (Wildman–Crippen LogP) is 4.71. The fraction of sp³-hybridized carbons (Fsp3) is 0.500. The highest BCUT2D eigenvalue weighted by molar-refractivity contribution is 9.10. The van der Waals surface area contributed by atoms with Crippen LogP contribution in [0, 0.1) is 5.82 Å². The first-order chi connectivity index (χ1) is 11.3. The largest absolute Gasteiger partial charge is 0.593 e. The van der Waals surface area contributed by atoms with Crippen LogP contribution in [0.15, 0.2) is 28.4 Å². The fourth-order valence-corrected chi connectivity index (χ4v) is 2.88. The van der Waals surface area contributed by atoms with E-state index in [0.717, 1.165) is 0 Å². The van der Waals surface area contributed by atoms with E-state index < -0.39 is 33.5 Å². The van der Waals surface area contributed by atoms with Crippen LogP contribution in [0.25, 0.3) is 6.08 Å². The number of nitrogens with one attached hydrogen (secondary N) is 1. The summed E-state index contributed by atoms with van der Waals surface area (Å²) >= 11 is 1.83. The van der Waals surface area contributed by atoms with Crippen LogP contribution in [-0.4, -0.2) is 20.9 Å². The van der Waals surface area contributed by atoms with Gasteiger partial charge in [-0.25, -0.2) is 9.11 Å². The van der Waals surface area contributed by atoms with Crippen molar-refractivity contribution in [3.8, 4) is 0 Å². The van der Waals surface area contributed by atoms with Crippen molar-refractivity contribution in [3.63, 3.8) is 0 Å². The summed E-state index contributed by atoms with van der Waals surface area (Å²) < 4.78 is 34.6. The van der Waals surface area contributed by atoms with Gasteiger partial charge >= 0.3 is 5.97 Å². The van der Waals surface area contributed by atoms with E-state index in [0.29, 0.717) is 10.2 Å². The number of carbonyl (C=O) groups is 1. The van der Waals surface area contributed by atoms with E-state index in [-0.39, 0.29) is 12.0 Å². The Balaban J connectivity index is 3.15. The van der Waals surface area contributed by atoms with Crippen molar-refractivity contribution < 1.29 is 18.5 Å². The molecule has 4 nitrogen and oxygen atoms in total. The minimum atomic E-state index is -1.46. The lowest BCUT2D eigenvalue weighted by Crippen LogP contribution is -2.39. The molecule has 0 fully saturated rings. The molecule has 0 aromatic heterocycles. The standard InChI is InChI=1S/C18H25BrFNO3S/c1-17(2,3)24-16(22)11-12(21-25(23)18(4,5)6)10-13-14(19)8-7-9-15(13)20/h7-10,21H,11H2,1-6H3. The van der Waals surface area contributed by atoms with Gasteiger partial charge in [0.2, 0.25) is 0 Å². The Bertz CT molecular complexity index is 630. The third-order valence-electron chi connectivity index (χ3n) is 2.85. The molecule has 0 saturated carbocycles. The molecule has 0 amide bonds. The highest BCUT2D eigenvalue weighted by Crippen LogP contribution is 2.24. The van der Waals surface area contributed by atoms with E-state index in [2.05, 4.69) is 20.7 Å². The van der Waals surface area contributed by atoms with Crippen LogP contribution in [0.5, 0.6) is 0 Å². The van der Waals surface area contributed by atoms with E-state index in [1.807, 2.05) is 0 Å². The number of benzene rings is 1. The van der Waals surface area contributed by atoms with Crippen LogP contribution < -0.4 is 4.72 Å². The van der Waals surface area contributed by atoms with Crippen LogP contribution in [0.1, 0.15) is 53.5 Å². The molecule has 1 rings (SSSR count). The summed E-state index contributed by atoms with van der Waals surface area (Å²) in [5.41, 5.74) is -0.0305.